The second-order valence-corrected chi connectivity index (χ2v) is 8.13. The highest BCUT2D eigenvalue weighted by molar-refractivity contribution is 6.13. The average molecular weight is 468 g/mol. The second kappa shape index (κ2) is 9.48. The van der Waals surface area contributed by atoms with Crippen LogP contribution in [-0.4, -0.2) is 41.7 Å². The number of fused-ring (bicyclic) bond motifs is 3. The maximum Gasteiger partial charge on any atom is 0.270 e. The molecule has 0 fully saturated rings. The van der Waals surface area contributed by atoms with Crippen molar-refractivity contribution < 1.29 is 19.4 Å². The molecule has 0 spiro atoms. The van der Waals surface area contributed by atoms with Gasteiger partial charge in [-0.1, -0.05) is 54.6 Å². The van der Waals surface area contributed by atoms with Crippen LogP contribution in [-0.2, 0) is 0 Å². The first-order valence-electron chi connectivity index (χ1n) is 11.2. The summed E-state index contributed by atoms with van der Waals surface area (Å²) < 4.78 is 11.1. The third-order valence-electron chi connectivity index (χ3n) is 6.03. The Morgan fingerprint density at radius 3 is 2.51 bits per heavy atom. The molecule has 7 nitrogen and oxygen atoms in total. The van der Waals surface area contributed by atoms with Crippen molar-refractivity contribution >= 4 is 27.7 Å². The Morgan fingerprint density at radius 2 is 1.74 bits per heavy atom. The molecule has 3 N–H and O–H groups in total. The molecule has 5 aromatic rings. The van der Waals surface area contributed by atoms with E-state index < -0.39 is 6.10 Å². The van der Waals surface area contributed by atoms with Crippen LogP contribution in [0.4, 0.5) is 0 Å². The summed E-state index contributed by atoms with van der Waals surface area (Å²) >= 11 is 0. The number of aliphatic hydroxyl groups is 1. The van der Waals surface area contributed by atoms with Gasteiger partial charge in [-0.05, 0) is 29.8 Å². The lowest BCUT2D eigenvalue weighted by atomic mass is 10.0. The smallest absolute Gasteiger partial charge is 0.270 e. The van der Waals surface area contributed by atoms with Crippen LogP contribution in [0.2, 0.25) is 0 Å². The van der Waals surface area contributed by atoms with Gasteiger partial charge < -0.3 is 24.9 Å². The van der Waals surface area contributed by atoms with Gasteiger partial charge in [0, 0.05) is 28.4 Å². The largest absolute Gasteiger partial charge is 0.493 e. The Bertz CT molecular complexity index is 1510. The van der Waals surface area contributed by atoms with Crippen molar-refractivity contribution in [1.29, 1.82) is 0 Å². The summed E-state index contributed by atoms with van der Waals surface area (Å²) in [6.07, 6.45) is -0.824. The van der Waals surface area contributed by atoms with E-state index in [2.05, 4.69) is 10.3 Å². The molecule has 0 aliphatic rings. The van der Waals surface area contributed by atoms with E-state index in [0.29, 0.717) is 22.8 Å². The van der Waals surface area contributed by atoms with E-state index in [1.165, 1.54) is 0 Å². The predicted molar refractivity (Wildman–Crippen MR) is 136 cm³/mol. The van der Waals surface area contributed by atoms with E-state index in [-0.39, 0.29) is 18.1 Å². The standard InChI is InChI=1S/C28H25N3O4/c1-34-24-14-8-12-19(27(24)35-2)25-26-20(18-11-6-7-13-21(18)30-26)15-22(31-25)28(33)29-16-23(32)17-9-4-3-5-10-17/h3-15,23,30,32H,16H2,1-2H3,(H,29,33). The number of amides is 1. The van der Waals surface area contributed by atoms with Gasteiger partial charge >= 0.3 is 0 Å². The number of H-pyrrole nitrogens is 1. The minimum Gasteiger partial charge on any atom is -0.493 e. The zero-order valence-electron chi connectivity index (χ0n) is 19.4. The summed E-state index contributed by atoms with van der Waals surface area (Å²) in [5, 5.41) is 15.1. The number of aliphatic hydroxyl groups excluding tert-OH is 1. The number of methoxy groups -OCH3 is 2. The molecule has 5 rings (SSSR count). The molecular weight excluding hydrogens is 442 g/mol. The molecule has 3 aromatic carbocycles. The average Bonchev–Trinajstić information content (AvgIpc) is 3.29. The zero-order valence-corrected chi connectivity index (χ0v) is 19.4. The summed E-state index contributed by atoms with van der Waals surface area (Å²) in [5.41, 5.74) is 3.96. The van der Waals surface area contributed by atoms with Gasteiger partial charge in [-0.2, -0.15) is 0 Å². The molecule has 0 saturated carbocycles. The van der Waals surface area contributed by atoms with Gasteiger partial charge in [0.25, 0.3) is 5.91 Å². The van der Waals surface area contributed by atoms with Crippen LogP contribution < -0.4 is 14.8 Å². The normalized spacial score (nSPS) is 12.0. The fourth-order valence-electron chi connectivity index (χ4n) is 4.30. The molecular formula is C28H25N3O4. The Balaban J connectivity index is 1.60. The van der Waals surface area contributed by atoms with Crippen LogP contribution in [0.1, 0.15) is 22.2 Å². The highest BCUT2D eigenvalue weighted by Crippen LogP contribution is 2.41. The van der Waals surface area contributed by atoms with Crippen LogP contribution >= 0.6 is 0 Å². The lowest BCUT2D eigenvalue weighted by molar-refractivity contribution is 0.0911. The van der Waals surface area contributed by atoms with E-state index in [9.17, 15) is 9.90 Å². The number of nitrogens with zero attached hydrogens (tertiary/aromatic N) is 1. The summed E-state index contributed by atoms with van der Waals surface area (Å²) in [5.74, 6) is 0.715. The first-order chi connectivity index (χ1) is 17.1. The van der Waals surface area contributed by atoms with Gasteiger partial charge in [0.1, 0.15) is 5.69 Å². The first kappa shape index (κ1) is 22.4. The van der Waals surface area contributed by atoms with Crippen molar-refractivity contribution in [2.75, 3.05) is 20.8 Å². The third kappa shape index (κ3) is 4.18. The van der Waals surface area contributed by atoms with Crippen LogP contribution in [0, 0.1) is 0 Å². The number of benzene rings is 3. The number of ether oxygens (including phenoxy) is 2. The van der Waals surface area contributed by atoms with Crippen molar-refractivity contribution in [2.24, 2.45) is 0 Å². The Hall–Kier alpha value is -4.36. The molecule has 176 valence electrons. The molecule has 7 heteroatoms. The van der Waals surface area contributed by atoms with E-state index in [1.54, 1.807) is 20.3 Å². The Labute approximate surface area is 202 Å². The van der Waals surface area contributed by atoms with Crippen LogP contribution in [0.5, 0.6) is 11.5 Å². The van der Waals surface area contributed by atoms with Crippen LogP contribution in [0.3, 0.4) is 0 Å². The fraction of sp³-hybridized carbons (Fsp3) is 0.143. The van der Waals surface area contributed by atoms with Crippen molar-refractivity contribution in [1.82, 2.24) is 15.3 Å². The SMILES string of the molecule is COc1cccc(-c2nc(C(=O)NCC(O)c3ccccc3)cc3c2[nH]c2ccccc23)c1OC. The van der Waals surface area contributed by atoms with Gasteiger partial charge in [-0.15, -0.1) is 0 Å². The number of para-hydroxylation sites is 2. The number of hydrogen-bond acceptors (Lipinski definition) is 5. The molecule has 0 radical (unpaired) electrons. The van der Waals surface area contributed by atoms with Gasteiger partial charge in [-0.25, -0.2) is 4.98 Å². The lowest BCUT2D eigenvalue weighted by Gasteiger charge is -2.15. The number of carbonyl (C=O) groups is 1. The van der Waals surface area contributed by atoms with Crippen LogP contribution in [0.15, 0.2) is 78.9 Å². The molecule has 1 amide bonds. The molecule has 1 unspecified atom stereocenters. The number of hydrogen-bond donors (Lipinski definition) is 3. The topological polar surface area (TPSA) is 96.5 Å². The quantitative estimate of drug-likeness (QED) is 0.318. The van der Waals surface area contributed by atoms with Gasteiger partial charge in [-0.3, -0.25) is 4.79 Å². The lowest BCUT2D eigenvalue weighted by Crippen LogP contribution is -2.29. The highest BCUT2D eigenvalue weighted by atomic mass is 16.5. The Kier molecular flexibility index (Phi) is 6.08. The maximum atomic E-state index is 13.2. The van der Waals surface area contributed by atoms with Crippen LogP contribution in [0.25, 0.3) is 33.1 Å². The molecule has 35 heavy (non-hydrogen) atoms. The molecule has 0 bridgehead atoms. The number of aromatic amines is 1. The summed E-state index contributed by atoms with van der Waals surface area (Å²) in [6.45, 7) is 0.0638. The minimum atomic E-state index is -0.824. The molecule has 0 aliphatic carbocycles. The number of rotatable bonds is 7. The fourth-order valence-corrected chi connectivity index (χ4v) is 4.30. The van der Waals surface area contributed by atoms with Gasteiger partial charge in [0.2, 0.25) is 0 Å². The Morgan fingerprint density at radius 1 is 0.971 bits per heavy atom. The minimum absolute atomic E-state index is 0.0638. The van der Waals surface area contributed by atoms with Crippen molar-refractivity contribution in [3.63, 3.8) is 0 Å². The predicted octanol–water partition coefficient (Wildman–Crippen LogP) is 4.86. The molecule has 0 aliphatic heterocycles. The molecule has 2 aromatic heterocycles. The molecule has 1 atom stereocenters. The highest BCUT2D eigenvalue weighted by Gasteiger charge is 2.21. The third-order valence-corrected chi connectivity index (χ3v) is 6.03. The number of carbonyl (C=O) groups excluding carboxylic acids is 1. The van der Waals surface area contributed by atoms with E-state index >= 15 is 0 Å². The monoisotopic (exact) mass is 467 g/mol. The van der Waals surface area contributed by atoms with Crippen molar-refractivity contribution in [3.05, 3.63) is 90.1 Å². The van der Waals surface area contributed by atoms with Gasteiger partial charge in [0.15, 0.2) is 11.5 Å². The van der Waals surface area contributed by atoms with Crippen molar-refractivity contribution in [2.45, 2.75) is 6.10 Å². The zero-order chi connectivity index (χ0) is 24.4. The maximum absolute atomic E-state index is 13.2. The molecule has 2 heterocycles. The number of aromatic nitrogens is 2. The first-order valence-corrected chi connectivity index (χ1v) is 11.2. The number of pyridine rings is 1. The summed E-state index contributed by atoms with van der Waals surface area (Å²) in [6, 6.07) is 24.4. The molecule has 0 saturated heterocycles. The van der Waals surface area contributed by atoms with Gasteiger partial charge in [0.05, 0.1) is 31.5 Å². The van der Waals surface area contributed by atoms with Crippen molar-refractivity contribution in [3.8, 4) is 22.8 Å². The van der Waals surface area contributed by atoms with E-state index in [0.717, 1.165) is 27.4 Å². The van der Waals surface area contributed by atoms with E-state index in [4.69, 9.17) is 14.5 Å². The van der Waals surface area contributed by atoms with E-state index in [1.807, 2.05) is 72.8 Å². The summed E-state index contributed by atoms with van der Waals surface area (Å²) in [7, 11) is 3.15. The number of nitrogens with one attached hydrogen (secondary N) is 2. The summed E-state index contributed by atoms with van der Waals surface area (Å²) in [4.78, 5) is 21.4. The second-order valence-electron chi connectivity index (χ2n) is 8.13.